The van der Waals surface area contributed by atoms with Crippen molar-refractivity contribution >= 4 is 28.8 Å². The van der Waals surface area contributed by atoms with Crippen LogP contribution in [0.2, 0.25) is 4.34 Å². The van der Waals surface area contributed by atoms with E-state index in [4.69, 9.17) is 16.3 Å². The summed E-state index contributed by atoms with van der Waals surface area (Å²) in [5.74, 6) is 0.133. The third-order valence-electron chi connectivity index (χ3n) is 4.39. The predicted octanol–water partition coefficient (Wildman–Crippen LogP) is 3.12. The molecule has 3 heterocycles. The molecule has 0 radical (unpaired) electrons. The van der Waals surface area contributed by atoms with Gasteiger partial charge >= 0.3 is 0 Å². The van der Waals surface area contributed by atoms with E-state index in [0.29, 0.717) is 10.4 Å². The highest BCUT2D eigenvalue weighted by atomic mass is 35.5. The fraction of sp³-hybridized carbons (Fsp3) is 0.688. The molecule has 1 aromatic heterocycles. The fourth-order valence-corrected chi connectivity index (χ4v) is 4.59. The largest absolute Gasteiger partial charge is 0.373 e. The molecule has 3 unspecified atom stereocenters. The second kappa shape index (κ2) is 6.87. The van der Waals surface area contributed by atoms with Crippen LogP contribution in [-0.4, -0.2) is 60.1 Å². The molecule has 4 nitrogen and oxygen atoms in total. The summed E-state index contributed by atoms with van der Waals surface area (Å²) in [7, 11) is 0. The number of rotatable bonds is 3. The van der Waals surface area contributed by atoms with Crippen LogP contribution in [0.15, 0.2) is 12.1 Å². The number of hydrogen-bond donors (Lipinski definition) is 0. The first-order valence-electron chi connectivity index (χ1n) is 7.97. The average molecular weight is 343 g/mol. The van der Waals surface area contributed by atoms with Crippen LogP contribution in [0, 0.1) is 0 Å². The van der Waals surface area contributed by atoms with Gasteiger partial charge in [0.05, 0.1) is 21.4 Å². The van der Waals surface area contributed by atoms with Crippen molar-refractivity contribution < 1.29 is 9.53 Å². The summed E-state index contributed by atoms with van der Waals surface area (Å²) >= 11 is 7.33. The molecular formula is C16H23ClN2O2S. The fourth-order valence-electron chi connectivity index (χ4n) is 3.60. The smallest absolute Gasteiger partial charge is 0.264 e. The van der Waals surface area contributed by atoms with E-state index in [1.165, 1.54) is 11.3 Å². The third kappa shape index (κ3) is 3.65. The Bertz CT molecular complexity index is 526. The molecule has 0 spiro atoms. The first-order valence-corrected chi connectivity index (χ1v) is 9.16. The number of carbonyl (C=O) groups is 1. The molecule has 2 aliphatic heterocycles. The number of amides is 1. The molecule has 2 fully saturated rings. The number of ether oxygens (including phenoxy) is 1. The molecule has 0 aliphatic carbocycles. The average Bonchev–Trinajstić information content (AvgIpc) is 3.06. The standard InChI is InChI=1S/C16H23ClN2O2S/c1-11-8-18(9-12(2)21-11)10-13-4-3-7-19(13)16(20)14-5-6-15(17)22-14/h5-6,11-13H,3-4,7-10H2,1-2H3. The highest BCUT2D eigenvalue weighted by Crippen LogP contribution is 2.27. The van der Waals surface area contributed by atoms with Crippen molar-refractivity contribution in [3.8, 4) is 0 Å². The van der Waals surface area contributed by atoms with Crippen molar-refractivity contribution in [3.05, 3.63) is 21.3 Å². The first-order chi connectivity index (χ1) is 10.5. The lowest BCUT2D eigenvalue weighted by molar-refractivity contribution is -0.0715. The maximum absolute atomic E-state index is 12.7. The lowest BCUT2D eigenvalue weighted by atomic mass is 10.1. The number of likely N-dealkylation sites (tertiary alicyclic amines) is 1. The van der Waals surface area contributed by atoms with Crippen molar-refractivity contribution in [2.75, 3.05) is 26.2 Å². The van der Waals surface area contributed by atoms with Gasteiger partial charge in [0.15, 0.2) is 0 Å². The molecule has 1 aromatic rings. The van der Waals surface area contributed by atoms with Crippen LogP contribution >= 0.6 is 22.9 Å². The summed E-state index contributed by atoms with van der Waals surface area (Å²) < 4.78 is 6.47. The van der Waals surface area contributed by atoms with Crippen molar-refractivity contribution in [1.29, 1.82) is 0 Å². The molecule has 22 heavy (non-hydrogen) atoms. The quantitative estimate of drug-likeness (QED) is 0.846. The Morgan fingerprint density at radius 2 is 2.09 bits per heavy atom. The number of morpholine rings is 1. The van der Waals surface area contributed by atoms with Crippen molar-refractivity contribution in [2.45, 2.75) is 44.9 Å². The Morgan fingerprint density at radius 3 is 2.73 bits per heavy atom. The zero-order chi connectivity index (χ0) is 15.7. The Morgan fingerprint density at radius 1 is 1.36 bits per heavy atom. The number of thiophene rings is 1. The molecule has 0 N–H and O–H groups in total. The van der Waals surface area contributed by atoms with Crippen LogP contribution in [-0.2, 0) is 4.74 Å². The summed E-state index contributed by atoms with van der Waals surface area (Å²) in [5.41, 5.74) is 0. The van der Waals surface area contributed by atoms with Crippen molar-refractivity contribution in [2.24, 2.45) is 0 Å². The van der Waals surface area contributed by atoms with Gasteiger partial charge in [0.1, 0.15) is 0 Å². The molecule has 3 atom stereocenters. The topological polar surface area (TPSA) is 32.8 Å². The van der Waals surface area contributed by atoms with E-state index in [2.05, 4.69) is 18.7 Å². The molecule has 2 aliphatic rings. The number of nitrogens with zero attached hydrogens (tertiary/aromatic N) is 2. The SMILES string of the molecule is CC1CN(CC2CCCN2C(=O)c2ccc(Cl)s2)CC(C)O1. The number of carbonyl (C=O) groups excluding carboxylic acids is 1. The van der Waals surface area contributed by atoms with Gasteiger partial charge in [-0.15, -0.1) is 11.3 Å². The summed E-state index contributed by atoms with van der Waals surface area (Å²) in [6.07, 6.45) is 2.71. The predicted molar refractivity (Wildman–Crippen MR) is 89.8 cm³/mol. The van der Waals surface area contributed by atoms with Gasteiger partial charge in [0.25, 0.3) is 5.91 Å². The van der Waals surface area contributed by atoms with E-state index in [-0.39, 0.29) is 18.1 Å². The number of halogens is 1. The van der Waals surface area contributed by atoms with Gasteiger partial charge in [0.2, 0.25) is 0 Å². The second-order valence-corrected chi connectivity index (χ2v) is 8.09. The molecule has 3 rings (SSSR count). The van der Waals surface area contributed by atoms with Gasteiger partial charge in [-0.2, -0.15) is 0 Å². The minimum atomic E-state index is 0.133. The third-order valence-corrected chi connectivity index (χ3v) is 5.61. The van der Waals surface area contributed by atoms with E-state index in [1.807, 2.05) is 11.0 Å². The van der Waals surface area contributed by atoms with Gasteiger partial charge in [0, 0.05) is 32.2 Å². The first kappa shape index (κ1) is 16.2. The van der Waals surface area contributed by atoms with E-state index < -0.39 is 0 Å². The van der Waals surface area contributed by atoms with E-state index in [9.17, 15) is 4.79 Å². The van der Waals surface area contributed by atoms with Crippen LogP contribution in [0.3, 0.4) is 0 Å². The molecule has 122 valence electrons. The summed E-state index contributed by atoms with van der Waals surface area (Å²) in [6.45, 7) is 7.94. The molecule has 0 saturated carbocycles. The van der Waals surface area contributed by atoms with E-state index in [1.54, 1.807) is 6.07 Å². The minimum Gasteiger partial charge on any atom is -0.373 e. The van der Waals surface area contributed by atoms with Crippen LogP contribution in [0.5, 0.6) is 0 Å². The Balaban J connectivity index is 1.64. The minimum absolute atomic E-state index is 0.133. The van der Waals surface area contributed by atoms with Gasteiger partial charge in [-0.3, -0.25) is 9.69 Å². The zero-order valence-corrected chi connectivity index (χ0v) is 14.7. The maximum atomic E-state index is 12.7. The molecular weight excluding hydrogens is 320 g/mol. The highest BCUT2D eigenvalue weighted by molar-refractivity contribution is 7.17. The molecule has 2 saturated heterocycles. The highest BCUT2D eigenvalue weighted by Gasteiger charge is 2.33. The van der Waals surface area contributed by atoms with Crippen molar-refractivity contribution in [3.63, 3.8) is 0 Å². The Kier molecular flexibility index (Phi) is 5.07. The summed E-state index contributed by atoms with van der Waals surface area (Å²) in [4.78, 5) is 17.9. The lowest BCUT2D eigenvalue weighted by Gasteiger charge is -2.38. The van der Waals surface area contributed by atoms with E-state index >= 15 is 0 Å². The zero-order valence-electron chi connectivity index (χ0n) is 13.1. The van der Waals surface area contributed by atoms with Crippen LogP contribution in [0.4, 0.5) is 0 Å². The van der Waals surface area contributed by atoms with Gasteiger partial charge in [-0.05, 0) is 38.8 Å². The Labute approximate surface area is 141 Å². The van der Waals surface area contributed by atoms with Crippen molar-refractivity contribution in [1.82, 2.24) is 9.80 Å². The number of hydrogen-bond acceptors (Lipinski definition) is 4. The Hall–Kier alpha value is -0.620. The molecule has 0 aromatic carbocycles. The van der Waals surface area contributed by atoms with Gasteiger partial charge in [-0.25, -0.2) is 0 Å². The molecule has 6 heteroatoms. The normalized spacial score (nSPS) is 30.0. The van der Waals surface area contributed by atoms with Crippen LogP contribution < -0.4 is 0 Å². The van der Waals surface area contributed by atoms with Gasteiger partial charge in [-0.1, -0.05) is 11.6 Å². The molecule has 0 bridgehead atoms. The molecule has 1 amide bonds. The monoisotopic (exact) mass is 342 g/mol. The second-order valence-electron chi connectivity index (χ2n) is 6.37. The van der Waals surface area contributed by atoms with Crippen LogP contribution in [0.25, 0.3) is 0 Å². The summed E-state index contributed by atoms with van der Waals surface area (Å²) in [5, 5.41) is 0. The lowest BCUT2D eigenvalue weighted by Crippen LogP contribution is -2.50. The van der Waals surface area contributed by atoms with E-state index in [0.717, 1.165) is 43.9 Å². The van der Waals surface area contributed by atoms with Gasteiger partial charge < -0.3 is 9.64 Å². The summed E-state index contributed by atoms with van der Waals surface area (Å²) in [6, 6.07) is 3.95. The maximum Gasteiger partial charge on any atom is 0.264 e. The van der Waals surface area contributed by atoms with Crippen LogP contribution in [0.1, 0.15) is 36.4 Å².